The SMILES string of the molecule is C=C[C@H](N)c1cccc(C)c1O.Cl. The van der Waals surface area contributed by atoms with Crippen LogP contribution in [-0.4, -0.2) is 5.11 Å². The minimum absolute atomic E-state index is 0. The third-order valence-corrected chi connectivity index (χ3v) is 1.88. The molecule has 72 valence electrons. The van der Waals surface area contributed by atoms with Gasteiger partial charge in [0.2, 0.25) is 0 Å². The predicted molar refractivity (Wildman–Crippen MR) is 57.2 cm³/mol. The zero-order valence-corrected chi connectivity index (χ0v) is 8.34. The molecule has 2 nitrogen and oxygen atoms in total. The summed E-state index contributed by atoms with van der Waals surface area (Å²) in [6.07, 6.45) is 1.61. The van der Waals surface area contributed by atoms with Crippen molar-refractivity contribution in [3.63, 3.8) is 0 Å². The summed E-state index contributed by atoms with van der Waals surface area (Å²) < 4.78 is 0. The predicted octanol–water partition coefficient (Wildman–Crippen LogP) is 2.31. The molecule has 0 radical (unpaired) electrons. The van der Waals surface area contributed by atoms with Crippen LogP contribution in [0.25, 0.3) is 0 Å². The summed E-state index contributed by atoms with van der Waals surface area (Å²) in [5.41, 5.74) is 7.25. The highest BCUT2D eigenvalue weighted by atomic mass is 35.5. The van der Waals surface area contributed by atoms with Gasteiger partial charge in [-0.2, -0.15) is 0 Å². The van der Waals surface area contributed by atoms with Crippen LogP contribution in [0.2, 0.25) is 0 Å². The number of nitrogens with two attached hydrogens (primary N) is 1. The number of aromatic hydroxyl groups is 1. The molecule has 0 spiro atoms. The van der Waals surface area contributed by atoms with Crippen LogP contribution < -0.4 is 5.73 Å². The minimum atomic E-state index is -0.287. The third kappa shape index (κ3) is 2.47. The standard InChI is InChI=1S/C10H13NO.ClH/c1-3-9(11)8-6-4-5-7(2)10(8)12;/h3-6,9,12H,1,11H2,2H3;1H/t9-;/m0./s1. The summed E-state index contributed by atoms with van der Waals surface area (Å²) in [4.78, 5) is 0. The Morgan fingerprint density at radius 3 is 2.69 bits per heavy atom. The molecule has 0 aliphatic rings. The lowest BCUT2D eigenvalue weighted by atomic mass is 10.0. The molecule has 0 bridgehead atoms. The van der Waals surface area contributed by atoms with Gasteiger partial charge in [0.15, 0.2) is 0 Å². The lowest BCUT2D eigenvalue weighted by Gasteiger charge is -2.10. The van der Waals surface area contributed by atoms with Crippen LogP contribution in [0.1, 0.15) is 17.2 Å². The van der Waals surface area contributed by atoms with Gasteiger partial charge in [0.25, 0.3) is 0 Å². The molecule has 1 aromatic rings. The Hall–Kier alpha value is -0.990. The van der Waals surface area contributed by atoms with Crippen molar-refractivity contribution in [2.75, 3.05) is 0 Å². The van der Waals surface area contributed by atoms with Crippen molar-refractivity contribution in [1.82, 2.24) is 0 Å². The van der Waals surface area contributed by atoms with E-state index in [1.165, 1.54) is 0 Å². The van der Waals surface area contributed by atoms with Crippen LogP contribution >= 0.6 is 12.4 Å². The average molecular weight is 200 g/mol. The van der Waals surface area contributed by atoms with Crippen molar-refractivity contribution in [3.05, 3.63) is 42.0 Å². The molecule has 0 aliphatic carbocycles. The van der Waals surface area contributed by atoms with Crippen molar-refractivity contribution in [2.45, 2.75) is 13.0 Å². The zero-order valence-electron chi connectivity index (χ0n) is 7.53. The minimum Gasteiger partial charge on any atom is -0.507 e. The average Bonchev–Trinajstić information content (AvgIpc) is 2.08. The van der Waals surface area contributed by atoms with Crippen molar-refractivity contribution in [3.8, 4) is 5.75 Å². The fourth-order valence-electron chi connectivity index (χ4n) is 1.08. The number of hydrogen-bond acceptors (Lipinski definition) is 2. The van der Waals surface area contributed by atoms with E-state index in [1.807, 2.05) is 19.1 Å². The first-order chi connectivity index (χ1) is 5.66. The highest BCUT2D eigenvalue weighted by Crippen LogP contribution is 2.26. The van der Waals surface area contributed by atoms with Gasteiger partial charge >= 0.3 is 0 Å². The van der Waals surface area contributed by atoms with Crippen LogP contribution in [0.4, 0.5) is 0 Å². The molecule has 0 heterocycles. The van der Waals surface area contributed by atoms with Crippen LogP contribution in [0.5, 0.6) is 5.75 Å². The van der Waals surface area contributed by atoms with Gasteiger partial charge in [-0.25, -0.2) is 0 Å². The number of aryl methyl sites for hydroxylation is 1. The van der Waals surface area contributed by atoms with Crippen LogP contribution in [-0.2, 0) is 0 Å². The van der Waals surface area contributed by atoms with E-state index in [1.54, 1.807) is 12.1 Å². The Morgan fingerprint density at radius 1 is 1.54 bits per heavy atom. The van der Waals surface area contributed by atoms with E-state index in [0.717, 1.165) is 11.1 Å². The topological polar surface area (TPSA) is 46.2 Å². The van der Waals surface area contributed by atoms with E-state index in [0.29, 0.717) is 0 Å². The summed E-state index contributed by atoms with van der Waals surface area (Å²) in [5, 5.41) is 9.57. The molecule has 0 fully saturated rings. The summed E-state index contributed by atoms with van der Waals surface area (Å²) in [7, 11) is 0. The summed E-state index contributed by atoms with van der Waals surface area (Å²) in [6.45, 7) is 5.41. The Bertz CT molecular complexity index is 299. The molecule has 3 N–H and O–H groups in total. The van der Waals surface area contributed by atoms with Gasteiger partial charge in [-0.15, -0.1) is 19.0 Å². The Labute approximate surface area is 84.5 Å². The second-order valence-corrected chi connectivity index (χ2v) is 2.77. The van der Waals surface area contributed by atoms with Gasteiger partial charge in [0.1, 0.15) is 5.75 Å². The second kappa shape index (κ2) is 4.90. The van der Waals surface area contributed by atoms with Gasteiger partial charge in [-0.05, 0) is 12.5 Å². The zero-order chi connectivity index (χ0) is 9.14. The second-order valence-electron chi connectivity index (χ2n) is 2.77. The van der Waals surface area contributed by atoms with Gasteiger partial charge in [-0.1, -0.05) is 24.3 Å². The normalized spacial score (nSPS) is 11.5. The molecule has 1 aromatic carbocycles. The number of rotatable bonds is 2. The number of para-hydroxylation sites is 1. The number of hydrogen-bond donors (Lipinski definition) is 2. The van der Waals surface area contributed by atoms with E-state index in [2.05, 4.69) is 6.58 Å². The largest absolute Gasteiger partial charge is 0.507 e. The van der Waals surface area contributed by atoms with Gasteiger partial charge in [0, 0.05) is 5.56 Å². The third-order valence-electron chi connectivity index (χ3n) is 1.88. The van der Waals surface area contributed by atoms with Crippen molar-refractivity contribution < 1.29 is 5.11 Å². The molecule has 0 saturated heterocycles. The fraction of sp³-hybridized carbons (Fsp3) is 0.200. The fourth-order valence-corrected chi connectivity index (χ4v) is 1.08. The maximum atomic E-state index is 9.57. The summed E-state index contributed by atoms with van der Waals surface area (Å²) in [5.74, 6) is 0.268. The van der Waals surface area contributed by atoms with Crippen molar-refractivity contribution in [2.24, 2.45) is 5.73 Å². The van der Waals surface area contributed by atoms with Gasteiger partial charge < -0.3 is 10.8 Å². The smallest absolute Gasteiger partial charge is 0.123 e. The Morgan fingerprint density at radius 2 is 2.15 bits per heavy atom. The highest BCUT2D eigenvalue weighted by Gasteiger charge is 2.07. The molecule has 1 rings (SSSR count). The maximum absolute atomic E-state index is 9.57. The lowest BCUT2D eigenvalue weighted by molar-refractivity contribution is 0.461. The molecule has 0 unspecified atom stereocenters. The molecule has 0 aromatic heterocycles. The van der Waals surface area contributed by atoms with E-state index in [9.17, 15) is 5.11 Å². The van der Waals surface area contributed by atoms with E-state index >= 15 is 0 Å². The summed E-state index contributed by atoms with van der Waals surface area (Å²) >= 11 is 0. The molecule has 3 heteroatoms. The monoisotopic (exact) mass is 199 g/mol. The summed E-state index contributed by atoms with van der Waals surface area (Å²) in [6, 6.07) is 5.22. The van der Waals surface area contributed by atoms with Gasteiger partial charge in [-0.3, -0.25) is 0 Å². The molecule has 0 saturated carbocycles. The first-order valence-electron chi connectivity index (χ1n) is 3.83. The molecular weight excluding hydrogens is 186 g/mol. The van der Waals surface area contributed by atoms with Crippen molar-refractivity contribution >= 4 is 12.4 Å². The number of phenols is 1. The Kier molecular flexibility index (Phi) is 4.52. The highest BCUT2D eigenvalue weighted by molar-refractivity contribution is 5.85. The molecule has 13 heavy (non-hydrogen) atoms. The molecule has 0 amide bonds. The van der Waals surface area contributed by atoms with E-state index in [4.69, 9.17) is 5.73 Å². The molecule has 0 aliphatic heterocycles. The quantitative estimate of drug-likeness (QED) is 0.719. The van der Waals surface area contributed by atoms with Gasteiger partial charge in [0.05, 0.1) is 6.04 Å². The van der Waals surface area contributed by atoms with Crippen molar-refractivity contribution in [1.29, 1.82) is 0 Å². The van der Waals surface area contributed by atoms with Crippen LogP contribution in [0.3, 0.4) is 0 Å². The number of benzene rings is 1. The van der Waals surface area contributed by atoms with Crippen LogP contribution in [0, 0.1) is 6.92 Å². The lowest BCUT2D eigenvalue weighted by Crippen LogP contribution is -2.06. The number of halogens is 1. The Balaban J connectivity index is 0.00000144. The maximum Gasteiger partial charge on any atom is 0.123 e. The first kappa shape index (κ1) is 12.0. The molecule has 1 atom stereocenters. The van der Waals surface area contributed by atoms with E-state index < -0.39 is 0 Å². The number of phenolic OH excluding ortho intramolecular Hbond substituents is 1. The van der Waals surface area contributed by atoms with Crippen LogP contribution in [0.15, 0.2) is 30.9 Å². The molecular formula is C10H14ClNO. The van der Waals surface area contributed by atoms with E-state index in [-0.39, 0.29) is 24.2 Å². The first-order valence-corrected chi connectivity index (χ1v) is 3.83.